The maximum Gasteiger partial charge on any atom is 0.238 e. The van der Waals surface area contributed by atoms with Crippen molar-refractivity contribution in [2.24, 2.45) is 0 Å². The van der Waals surface area contributed by atoms with E-state index in [9.17, 15) is 4.79 Å². The summed E-state index contributed by atoms with van der Waals surface area (Å²) >= 11 is 3.03. The maximum atomic E-state index is 12.7. The molecule has 7 heteroatoms. The molecule has 1 amide bonds. The summed E-state index contributed by atoms with van der Waals surface area (Å²) in [5.74, 6) is 0.694. The Morgan fingerprint density at radius 3 is 2.81 bits per heavy atom. The number of H-pyrrole nitrogens is 1. The van der Waals surface area contributed by atoms with Gasteiger partial charge < -0.3 is 5.32 Å². The zero-order valence-electron chi connectivity index (χ0n) is 14.0. The first-order valence-electron chi connectivity index (χ1n) is 8.44. The molecule has 4 rings (SSSR count). The third-order valence-corrected chi connectivity index (χ3v) is 5.87. The zero-order chi connectivity index (χ0) is 17.8. The van der Waals surface area contributed by atoms with Crippen LogP contribution in [0.25, 0.3) is 12.2 Å². The third kappa shape index (κ3) is 4.42. The van der Waals surface area contributed by atoms with Gasteiger partial charge in [-0.15, -0.1) is 16.4 Å². The fourth-order valence-corrected chi connectivity index (χ4v) is 3.99. The van der Waals surface area contributed by atoms with Crippen LogP contribution in [0.4, 0.5) is 0 Å². The SMILES string of the molecule is O=C(NC1CC1)C(Sc1n[nH]c(/C=C/c2cccs2)n1)c1ccccc1. The molecular weight excluding hydrogens is 364 g/mol. The molecule has 0 spiro atoms. The van der Waals surface area contributed by atoms with Crippen LogP contribution in [0.2, 0.25) is 0 Å². The van der Waals surface area contributed by atoms with Crippen LogP contribution in [0, 0.1) is 0 Å². The molecule has 2 aromatic heterocycles. The van der Waals surface area contributed by atoms with Crippen LogP contribution in [0.1, 0.15) is 34.4 Å². The van der Waals surface area contributed by atoms with Crippen molar-refractivity contribution in [3.63, 3.8) is 0 Å². The molecule has 1 aliphatic rings. The lowest BCUT2D eigenvalue weighted by Crippen LogP contribution is -2.29. The highest BCUT2D eigenvalue weighted by molar-refractivity contribution is 8.00. The van der Waals surface area contributed by atoms with E-state index >= 15 is 0 Å². The lowest BCUT2D eigenvalue weighted by Gasteiger charge is -2.15. The van der Waals surface area contributed by atoms with E-state index in [0.717, 1.165) is 23.3 Å². The number of carbonyl (C=O) groups is 1. The van der Waals surface area contributed by atoms with E-state index in [1.54, 1.807) is 11.3 Å². The van der Waals surface area contributed by atoms with E-state index in [-0.39, 0.29) is 11.2 Å². The van der Waals surface area contributed by atoms with Crippen LogP contribution in [0.5, 0.6) is 0 Å². The molecule has 0 radical (unpaired) electrons. The van der Waals surface area contributed by atoms with Gasteiger partial charge in [0.1, 0.15) is 11.1 Å². The second-order valence-corrected chi connectivity index (χ2v) is 8.09. The summed E-state index contributed by atoms with van der Waals surface area (Å²) in [6.07, 6.45) is 6.02. The van der Waals surface area contributed by atoms with Crippen molar-refractivity contribution in [3.8, 4) is 0 Å². The van der Waals surface area contributed by atoms with E-state index < -0.39 is 0 Å². The van der Waals surface area contributed by atoms with Crippen molar-refractivity contribution in [2.75, 3.05) is 0 Å². The molecular formula is C19H18N4OS2. The van der Waals surface area contributed by atoms with E-state index in [1.165, 1.54) is 11.8 Å². The number of amides is 1. The number of rotatable bonds is 7. The molecule has 1 aromatic carbocycles. The Balaban J connectivity index is 1.49. The zero-order valence-corrected chi connectivity index (χ0v) is 15.6. The highest BCUT2D eigenvalue weighted by atomic mass is 32.2. The van der Waals surface area contributed by atoms with Crippen LogP contribution in [0.3, 0.4) is 0 Å². The summed E-state index contributed by atoms with van der Waals surface area (Å²) in [6, 6.07) is 14.1. The number of carbonyl (C=O) groups excluding carboxylic acids is 1. The van der Waals surface area contributed by atoms with Crippen molar-refractivity contribution in [1.29, 1.82) is 0 Å². The second kappa shape index (κ2) is 7.88. The van der Waals surface area contributed by atoms with Crippen molar-refractivity contribution < 1.29 is 4.79 Å². The molecule has 0 bridgehead atoms. The molecule has 5 nitrogen and oxygen atoms in total. The van der Waals surface area contributed by atoms with E-state index in [0.29, 0.717) is 17.0 Å². The topological polar surface area (TPSA) is 70.7 Å². The molecule has 3 aromatic rings. The Hall–Kier alpha value is -2.38. The Labute approximate surface area is 159 Å². The maximum absolute atomic E-state index is 12.7. The lowest BCUT2D eigenvalue weighted by molar-refractivity contribution is -0.120. The van der Waals surface area contributed by atoms with Crippen molar-refractivity contribution in [2.45, 2.75) is 29.3 Å². The first-order valence-corrected chi connectivity index (χ1v) is 10.2. The number of nitrogens with zero attached hydrogens (tertiary/aromatic N) is 2. The Morgan fingerprint density at radius 1 is 1.23 bits per heavy atom. The van der Waals surface area contributed by atoms with Gasteiger partial charge in [0.25, 0.3) is 0 Å². The van der Waals surface area contributed by atoms with Crippen LogP contribution >= 0.6 is 23.1 Å². The van der Waals surface area contributed by atoms with E-state index in [1.807, 2.05) is 60.0 Å². The summed E-state index contributed by atoms with van der Waals surface area (Å²) in [6.45, 7) is 0. The lowest BCUT2D eigenvalue weighted by atomic mass is 10.1. The summed E-state index contributed by atoms with van der Waals surface area (Å²) in [4.78, 5) is 18.3. The first kappa shape index (κ1) is 17.1. The van der Waals surface area contributed by atoms with E-state index in [4.69, 9.17) is 0 Å². The predicted molar refractivity (Wildman–Crippen MR) is 106 cm³/mol. The standard InChI is InChI=1S/C19H18N4OS2/c24-18(20-14-8-9-14)17(13-5-2-1-3-6-13)26-19-21-16(22-23-19)11-10-15-7-4-12-25-15/h1-7,10-12,14,17H,8-9H2,(H,20,24)(H,21,22,23)/b11-10+. The molecule has 132 valence electrons. The van der Waals surface area contributed by atoms with Crippen LogP contribution in [0.15, 0.2) is 53.0 Å². The predicted octanol–water partition coefficient (Wildman–Crippen LogP) is 4.15. The summed E-state index contributed by atoms with van der Waals surface area (Å²) in [5.41, 5.74) is 0.955. The van der Waals surface area contributed by atoms with Crippen molar-refractivity contribution in [3.05, 3.63) is 64.1 Å². The summed E-state index contributed by atoms with van der Waals surface area (Å²) in [5, 5.41) is 12.5. The van der Waals surface area contributed by atoms with Gasteiger partial charge in [-0.25, -0.2) is 4.98 Å². The monoisotopic (exact) mass is 382 g/mol. The fraction of sp³-hybridized carbons (Fsp3) is 0.211. The van der Waals surface area contributed by atoms with Gasteiger partial charge >= 0.3 is 0 Å². The molecule has 26 heavy (non-hydrogen) atoms. The largest absolute Gasteiger partial charge is 0.352 e. The highest BCUT2D eigenvalue weighted by Gasteiger charge is 2.29. The minimum absolute atomic E-state index is 0.0178. The number of aromatic amines is 1. The quantitative estimate of drug-likeness (QED) is 0.602. The van der Waals surface area contributed by atoms with Gasteiger partial charge in [0.05, 0.1) is 0 Å². The minimum atomic E-state index is -0.360. The number of aromatic nitrogens is 3. The average molecular weight is 383 g/mol. The van der Waals surface area contributed by atoms with E-state index in [2.05, 4.69) is 20.5 Å². The van der Waals surface area contributed by atoms with Gasteiger partial charge in [0, 0.05) is 10.9 Å². The number of benzene rings is 1. The van der Waals surface area contributed by atoms with Crippen molar-refractivity contribution >= 4 is 41.2 Å². The van der Waals surface area contributed by atoms with Crippen LogP contribution in [-0.2, 0) is 4.79 Å². The van der Waals surface area contributed by atoms with Gasteiger partial charge in [0.15, 0.2) is 0 Å². The molecule has 0 saturated heterocycles. The minimum Gasteiger partial charge on any atom is -0.352 e. The van der Waals surface area contributed by atoms with Crippen molar-refractivity contribution in [1.82, 2.24) is 20.5 Å². The molecule has 1 fully saturated rings. The highest BCUT2D eigenvalue weighted by Crippen LogP contribution is 2.34. The smallest absolute Gasteiger partial charge is 0.238 e. The summed E-state index contributed by atoms with van der Waals surface area (Å²) in [7, 11) is 0. The van der Waals surface area contributed by atoms with Gasteiger partial charge in [-0.05, 0) is 42.0 Å². The number of hydrogen-bond donors (Lipinski definition) is 2. The normalized spacial score (nSPS) is 15.2. The third-order valence-electron chi connectivity index (χ3n) is 3.92. The average Bonchev–Trinajstić information content (AvgIpc) is 3.14. The van der Waals surface area contributed by atoms with Gasteiger partial charge in [-0.1, -0.05) is 48.2 Å². The molecule has 1 atom stereocenters. The number of thiophene rings is 1. The molecule has 0 aliphatic heterocycles. The molecule has 2 heterocycles. The van der Waals surface area contributed by atoms with Gasteiger partial charge in [-0.2, -0.15) is 0 Å². The first-order chi connectivity index (χ1) is 12.8. The Kier molecular flexibility index (Phi) is 5.17. The molecule has 2 N–H and O–H groups in total. The van der Waals surface area contributed by atoms with Gasteiger partial charge in [-0.3, -0.25) is 9.89 Å². The molecule has 1 aliphatic carbocycles. The Morgan fingerprint density at radius 2 is 2.08 bits per heavy atom. The number of thioether (sulfide) groups is 1. The summed E-state index contributed by atoms with van der Waals surface area (Å²) < 4.78 is 0. The number of nitrogens with one attached hydrogen (secondary N) is 2. The number of hydrogen-bond acceptors (Lipinski definition) is 5. The molecule has 1 unspecified atom stereocenters. The van der Waals surface area contributed by atoms with Crippen LogP contribution in [-0.4, -0.2) is 27.1 Å². The van der Waals surface area contributed by atoms with Gasteiger partial charge in [0.2, 0.25) is 11.1 Å². The second-order valence-electron chi connectivity index (χ2n) is 6.04. The fourth-order valence-electron chi connectivity index (χ4n) is 2.44. The Bertz CT molecular complexity index is 885. The molecule has 1 saturated carbocycles. The van der Waals surface area contributed by atoms with Crippen LogP contribution < -0.4 is 5.32 Å².